The second-order valence-corrected chi connectivity index (χ2v) is 27.0. The van der Waals surface area contributed by atoms with Gasteiger partial charge in [-0.1, -0.05) is 244 Å². The van der Waals surface area contributed by atoms with Gasteiger partial charge in [0, 0.05) is 82.9 Å². The molecule has 20 rings (SSSR count). The van der Waals surface area contributed by atoms with Crippen LogP contribution in [0.2, 0.25) is 0 Å². The fourth-order valence-electron chi connectivity index (χ4n) is 16.1. The first-order chi connectivity index (χ1) is 49.3. The summed E-state index contributed by atoms with van der Waals surface area (Å²) in [6, 6.07) is 119. The van der Waals surface area contributed by atoms with E-state index in [0.29, 0.717) is 5.82 Å². The van der Waals surface area contributed by atoms with Crippen LogP contribution in [-0.4, -0.2) is 24.1 Å². The van der Waals surface area contributed by atoms with Crippen molar-refractivity contribution in [1.82, 2.24) is 24.1 Å². The lowest BCUT2D eigenvalue weighted by atomic mass is 9.82. The van der Waals surface area contributed by atoms with Gasteiger partial charge in [-0.15, -0.1) is 0 Å². The number of hydrogen-bond donors (Lipinski definition) is 0. The van der Waals surface area contributed by atoms with Gasteiger partial charge in [0.15, 0.2) is 5.82 Å². The van der Waals surface area contributed by atoms with Crippen LogP contribution in [0.25, 0.3) is 188 Å². The van der Waals surface area contributed by atoms with E-state index >= 15 is 0 Å². The van der Waals surface area contributed by atoms with Crippen molar-refractivity contribution < 1.29 is 4.42 Å². The molecule has 0 bridgehead atoms. The van der Waals surface area contributed by atoms with Crippen LogP contribution in [0.5, 0.6) is 0 Å². The van der Waals surface area contributed by atoms with E-state index in [1.54, 1.807) is 0 Å². The summed E-state index contributed by atoms with van der Waals surface area (Å²) in [5.41, 5.74) is 30.8. The van der Waals surface area contributed by atoms with E-state index in [1.165, 1.54) is 60.7 Å². The minimum absolute atomic E-state index is 0.116. The maximum absolute atomic E-state index is 6.31. The predicted molar refractivity (Wildman–Crippen MR) is 414 cm³/mol. The molecule has 468 valence electrons. The number of fused-ring (bicyclic) bond motifs is 13. The molecule has 0 atom stereocenters. The molecule has 0 saturated heterocycles. The normalized spacial score (nSPS) is 12.6. The van der Waals surface area contributed by atoms with Crippen LogP contribution in [0.15, 0.2) is 338 Å². The van der Waals surface area contributed by atoms with Crippen LogP contribution >= 0.6 is 0 Å². The van der Waals surface area contributed by atoms with E-state index in [1.807, 2.05) is 24.4 Å². The average molecular weight is 1280 g/mol. The Labute approximate surface area is 577 Å². The lowest BCUT2D eigenvalue weighted by Crippen LogP contribution is -2.14. The van der Waals surface area contributed by atoms with E-state index in [4.69, 9.17) is 19.4 Å². The number of hydrogen-bond acceptors (Lipinski definition) is 4. The Hall–Kier alpha value is -13.0. The Kier molecular flexibility index (Phi) is 12.9. The van der Waals surface area contributed by atoms with Gasteiger partial charge in [0.2, 0.25) is 0 Å². The highest BCUT2D eigenvalue weighted by Gasteiger charge is 2.37. The zero-order valence-corrected chi connectivity index (χ0v) is 54.9. The average Bonchev–Trinajstić information content (AvgIpc) is 1.56. The van der Waals surface area contributed by atoms with Crippen molar-refractivity contribution in [3.05, 3.63) is 345 Å². The molecule has 0 saturated carbocycles. The fraction of sp³-hybridized carbons (Fsp3) is 0.0319. The van der Waals surface area contributed by atoms with Gasteiger partial charge in [-0.3, -0.25) is 4.98 Å². The Morgan fingerprint density at radius 1 is 0.280 bits per heavy atom. The summed E-state index contributed by atoms with van der Waals surface area (Å²) in [5, 5.41) is 8.08. The van der Waals surface area contributed by atoms with Crippen molar-refractivity contribution in [1.29, 1.82) is 0 Å². The molecule has 14 aromatic carbocycles. The fourth-order valence-corrected chi connectivity index (χ4v) is 16.1. The topological polar surface area (TPSA) is 61.7 Å². The van der Waals surface area contributed by atoms with Crippen molar-refractivity contribution in [3.8, 4) is 112 Å². The lowest BCUT2D eigenvalue weighted by Gasteiger charge is -2.21. The zero-order valence-electron chi connectivity index (χ0n) is 54.9. The molecule has 6 nitrogen and oxygen atoms in total. The van der Waals surface area contributed by atoms with Crippen LogP contribution in [0, 0.1) is 0 Å². The van der Waals surface area contributed by atoms with Crippen LogP contribution < -0.4 is 0 Å². The van der Waals surface area contributed by atoms with Crippen molar-refractivity contribution in [2.24, 2.45) is 0 Å². The second kappa shape index (κ2) is 22.5. The summed E-state index contributed by atoms with van der Waals surface area (Å²) in [4.78, 5) is 15.8. The number of benzene rings is 14. The smallest absolute Gasteiger partial charge is 0.160 e. The van der Waals surface area contributed by atoms with Gasteiger partial charge in [-0.05, 0) is 169 Å². The van der Waals surface area contributed by atoms with Gasteiger partial charge in [0.05, 0.1) is 39.0 Å². The number of nitrogens with zero attached hydrogens (tertiary/aromatic N) is 5. The standard InChI is InChI=1S/C94H61N5O/c1-94(2)81-30-12-9-26-77(81)91-71(27-17-31-82(91)94)66-42-48-87-79(54-66)80-55-67(43-49-88(80)99(87)69-23-15-22-63(52-69)58-18-5-3-6-19-58)84-57-83(96-93(97-84)62-20-7-4-8-21-62)61-36-34-59(35-37-61)70-50-51-95-92-72(28-16-29-76(70)92)60-38-44-68(45-39-60)98-85-32-13-10-24-73(85)78-53-64(41-47-86(78)98)65-40-46-75-74-25-11-14-33-89(74)100-90(75)56-65/h3-57H,1-2H3. The molecule has 0 aliphatic heterocycles. The molecule has 1 aliphatic rings. The summed E-state index contributed by atoms with van der Waals surface area (Å²) in [5.74, 6) is 0.667. The van der Waals surface area contributed by atoms with E-state index in [0.717, 1.165) is 133 Å². The van der Waals surface area contributed by atoms with Gasteiger partial charge in [-0.25, -0.2) is 9.97 Å². The molecule has 0 spiro atoms. The first-order valence-electron chi connectivity index (χ1n) is 34.3. The van der Waals surface area contributed by atoms with Crippen molar-refractivity contribution >= 4 is 76.5 Å². The molecule has 100 heavy (non-hydrogen) atoms. The Bertz CT molecular complexity index is 6530. The van der Waals surface area contributed by atoms with Gasteiger partial charge in [-0.2, -0.15) is 0 Å². The molecule has 1 aliphatic carbocycles. The molecular formula is C94H61N5O. The van der Waals surface area contributed by atoms with Gasteiger partial charge >= 0.3 is 0 Å². The summed E-state index contributed by atoms with van der Waals surface area (Å²) in [7, 11) is 0. The van der Waals surface area contributed by atoms with Crippen LogP contribution in [0.3, 0.4) is 0 Å². The third kappa shape index (κ3) is 9.14. The summed E-state index contributed by atoms with van der Waals surface area (Å²) in [6.07, 6.45) is 1.94. The predicted octanol–water partition coefficient (Wildman–Crippen LogP) is 24.8. The quantitative estimate of drug-likeness (QED) is 0.137. The summed E-state index contributed by atoms with van der Waals surface area (Å²) >= 11 is 0. The molecule has 19 aromatic rings. The monoisotopic (exact) mass is 1280 g/mol. The summed E-state index contributed by atoms with van der Waals surface area (Å²) in [6.45, 7) is 4.71. The zero-order chi connectivity index (χ0) is 66.2. The molecular weight excluding hydrogens is 1220 g/mol. The number of pyridine rings is 1. The SMILES string of the molecule is CC1(C)c2ccccc2-c2c(-c3ccc4c(c3)c3cc(-c5cc(-c6ccc(-c7ccnc8c(-c9ccc(-n%10c%11ccccc%11c%11cc(-c%12ccc%13c(c%12)oc%12ccccc%12%13)ccc%11%10)cc9)cccc78)cc6)nc(-c6ccccc6)n5)ccc3n4-c3cccc(-c4ccccc4)c3)cccc21. The Morgan fingerprint density at radius 3 is 1.60 bits per heavy atom. The highest BCUT2D eigenvalue weighted by Crippen LogP contribution is 2.53. The molecule has 0 amide bonds. The molecule has 5 heterocycles. The minimum atomic E-state index is -0.116. The Morgan fingerprint density at radius 2 is 0.790 bits per heavy atom. The largest absolute Gasteiger partial charge is 0.456 e. The number of furan rings is 1. The van der Waals surface area contributed by atoms with E-state index in [9.17, 15) is 0 Å². The van der Waals surface area contributed by atoms with Crippen LogP contribution in [-0.2, 0) is 5.41 Å². The maximum Gasteiger partial charge on any atom is 0.160 e. The molecule has 0 radical (unpaired) electrons. The lowest BCUT2D eigenvalue weighted by molar-refractivity contribution is 0.660. The summed E-state index contributed by atoms with van der Waals surface area (Å²) < 4.78 is 11.1. The van der Waals surface area contributed by atoms with Crippen molar-refractivity contribution in [2.75, 3.05) is 0 Å². The maximum atomic E-state index is 6.31. The van der Waals surface area contributed by atoms with E-state index < -0.39 is 0 Å². The molecule has 5 aromatic heterocycles. The minimum Gasteiger partial charge on any atom is -0.456 e. The van der Waals surface area contributed by atoms with Gasteiger partial charge < -0.3 is 13.6 Å². The van der Waals surface area contributed by atoms with Crippen LogP contribution in [0.1, 0.15) is 25.0 Å². The van der Waals surface area contributed by atoms with Crippen molar-refractivity contribution in [2.45, 2.75) is 19.3 Å². The third-order valence-corrected chi connectivity index (χ3v) is 21.0. The highest BCUT2D eigenvalue weighted by molar-refractivity contribution is 6.14. The molecule has 0 fully saturated rings. The first-order valence-corrected chi connectivity index (χ1v) is 34.3. The molecule has 0 unspecified atom stereocenters. The third-order valence-electron chi connectivity index (χ3n) is 21.0. The highest BCUT2D eigenvalue weighted by atomic mass is 16.3. The second-order valence-electron chi connectivity index (χ2n) is 27.0. The number of rotatable bonds is 10. The van der Waals surface area contributed by atoms with Crippen molar-refractivity contribution in [3.63, 3.8) is 0 Å². The van der Waals surface area contributed by atoms with Gasteiger partial charge in [0.25, 0.3) is 0 Å². The van der Waals surface area contributed by atoms with E-state index in [-0.39, 0.29) is 5.41 Å². The van der Waals surface area contributed by atoms with E-state index in [2.05, 4.69) is 332 Å². The van der Waals surface area contributed by atoms with Crippen LogP contribution in [0.4, 0.5) is 0 Å². The molecule has 0 N–H and O–H groups in total. The molecule has 6 heteroatoms. The number of aromatic nitrogens is 5. The number of para-hydroxylation sites is 3. The Balaban J connectivity index is 0.652. The van der Waals surface area contributed by atoms with Gasteiger partial charge in [0.1, 0.15) is 11.2 Å². The first kappa shape index (κ1) is 57.2.